The van der Waals surface area contributed by atoms with E-state index < -0.39 is 0 Å². The van der Waals surface area contributed by atoms with Crippen LogP contribution in [0.3, 0.4) is 0 Å². The Bertz CT molecular complexity index is 1430. The fourth-order valence-corrected chi connectivity index (χ4v) is 7.84. The number of thiazole rings is 1. The van der Waals surface area contributed by atoms with Gasteiger partial charge in [0.15, 0.2) is 16.0 Å². The number of carbonyl (C=O) groups excluding carboxylic acids is 1. The molecule has 7 nitrogen and oxygen atoms in total. The number of benzene rings is 1. The Kier molecular flexibility index (Phi) is 7.14. The number of amides is 1. The van der Waals surface area contributed by atoms with Gasteiger partial charge in [-0.15, -0.1) is 21.5 Å². The third-order valence-electron chi connectivity index (χ3n) is 8.36. The first kappa shape index (κ1) is 26.3. The van der Waals surface area contributed by atoms with Crippen molar-refractivity contribution in [3.8, 4) is 22.8 Å². The third-order valence-corrected chi connectivity index (χ3v) is 10.1. The Balaban J connectivity index is 1.13. The number of hydrogen-bond donors (Lipinski definition) is 1. The topological polar surface area (TPSA) is 85.8 Å². The van der Waals surface area contributed by atoms with E-state index in [-0.39, 0.29) is 23.1 Å². The number of carbonyl (C=O) groups is 1. The van der Waals surface area contributed by atoms with Gasteiger partial charge in [-0.25, -0.2) is 4.98 Å². The Morgan fingerprint density at radius 1 is 1.18 bits per heavy atom. The van der Waals surface area contributed by atoms with Crippen molar-refractivity contribution in [1.82, 2.24) is 19.7 Å². The lowest BCUT2D eigenvalue weighted by Gasteiger charge is -2.30. The highest BCUT2D eigenvalue weighted by atomic mass is 32.2. The van der Waals surface area contributed by atoms with E-state index in [9.17, 15) is 4.79 Å². The second-order valence-electron chi connectivity index (χ2n) is 11.9. The Morgan fingerprint density at radius 2 is 2.00 bits per heavy atom. The van der Waals surface area contributed by atoms with E-state index in [2.05, 4.69) is 77.0 Å². The fraction of sp³-hybridized carbons (Fsp3) is 0.467. The molecule has 0 saturated heterocycles. The molecule has 4 unspecified atom stereocenters. The molecule has 2 bridgehead atoms. The Hall–Kier alpha value is -2.91. The van der Waals surface area contributed by atoms with Gasteiger partial charge in [-0.05, 0) is 67.1 Å². The van der Waals surface area contributed by atoms with Crippen LogP contribution >= 0.6 is 23.1 Å². The number of anilines is 1. The van der Waals surface area contributed by atoms with Gasteiger partial charge >= 0.3 is 0 Å². The highest BCUT2D eigenvalue weighted by molar-refractivity contribution is 7.99. The van der Waals surface area contributed by atoms with Crippen molar-refractivity contribution in [3.63, 3.8) is 0 Å². The fourth-order valence-electron chi connectivity index (χ4n) is 6.28. The van der Waals surface area contributed by atoms with E-state index in [1.165, 1.54) is 54.3 Å². The molecule has 1 N–H and O–H groups in total. The molecule has 6 rings (SSSR count). The summed E-state index contributed by atoms with van der Waals surface area (Å²) in [4.78, 5) is 17.6. The van der Waals surface area contributed by atoms with Crippen LogP contribution in [-0.2, 0) is 10.2 Å². The molecule has 4 aromatic rings. The summed E-state index contributed by atoms with van der Waals surface area (Å²) in [7, 11) is 0. The molecular weight excluding hydrogens is 526 g/mol. The van der Waals surface area contributed by atoms with E-state index in [0.717, 1.165) is 34.1 Å². The standard InChI is InChI=1S/C30H35N5O2S2/c1-18(23-15-19-7-8-21(23)14-19)35-27(25-6-5-13-37-25)33-34-29(35)39-17-26(36)32-28-31-24(16-38-28)20-9-11-22(12-10-20)30(2,3)4/h5-6,9-13,16,18-19,21,23H,7-8,14-15,17H2,1-4H3,(H,31,32,36). The van der Waals surface area contributed by atoms with E-state index in [4.69, 9.17) is 4.42 Å². The molecule has 2 fully saturated rings. The van der Waals surface area contributed by atoms with Gasteiger partial charge in [-0.1, -0.05) is 63.2 Å². The van der Waals surface area contributed by atoms with Crippen molar-refractivity contribution in [2.75, 3.05) is 11.1 Å². The monoisotopic (exact) mass is 561 g/mol. The van der Waals surface area contributed by atoms with Crippen LogP contribution < -0.4 is 5.32 Å². The van der Waals surface area contributed by atoms with Crippen LogP contribution in [0.5, 0.6) is 0 Å². The zero-order chi connectivity index (χ0) is 27.1. The maximum atomic E-state index is 12.9. The van der Waals surface area contributed by atoms with Gasteiger partial charge in [-0.2, -0.15) is 0 Å². The second-order valence-corrected chi connectivity index (χ2v) is 13.7. The highest BCUT2D eigenvalue weighted by Crippen LogP contribution is 2.53. The molecule has 0 aliphatic heterocycles. The lowest BCUT2D eigenvalue weighted by Crippen LogP contribution is -2.23. The number of furan rings is 1. The Labute approximate surface area is 237 Å². The maximum absolute atomic E-state index is 12.9. The molecule has 204 valence electrons. The molecule has 0 spiro atoms. The molecule has 4 atom stereocenters. The summed E-state index contributed by atoms with van der Waals surface area (Å²) in [5, 5.41) is 15.3. The van der Waals surface area contributed by atoms with Gasteiger partial charge in [0.1, 0.15) is 0 Å². The van der Waals surface area contributed by atoms with Crippen LogP contribution in [0.2, 0.25) is 0 Å². The Morgan fingerprint density at radius 3 is 2.67 bits per heavy atom. The first-order valence-electron chi connectivity index (χ1n) is 13.7. The number of hydrogen-bond acceptors (Lipinski definition) is 7. The van der Waals surface area contributed by atoms with Crippen molar-refractivity contribution in [3.05, 3.63) is 53.6 Å². The minimum Gasteiger partial charge on any atom is -0.461 e. The van der Waals surface area contributed by atoms with E-state index in [0.29, 0.717) is 16.8 Å². The number of fused-ring (bicyclic) bond motifs is 2. The van der Waals surface area contributed by atoms with Gasteiger partial charge < -0.3 is 9.73 Å². The zero-order valence-electron chi connectivity index (χ0n) is 22.9. The number of nitrogens with zero attached hydrogens (tertiary/aromatic N) is 4. The normalized spacial score (nSPS) is 21.4. The predicted molar refractivity (Wildman–Crippen MR) is 157 cm³/mol. The van der Waals surface area contributed by atoms with Gasteiger partial charge in [0.25, 0.3) is 0 Å². The number of nitrogens with one attached hydrogen (secondary N) is 1. The minimum absolute atomic E-state index is 0.106. The van der Waals surface area contributed by atoms with Gasteiger partial charge in [0, 0.05) is 17.0 Å². The third kappa shape index (κ3) is 5.43. The molecule has 0 radical (unpaired) electrons. The summed E-state index contributed by atoms with van der Waals surface area (Å²) in [6.07, 6.45) is 6.95. The molecule has 2 saturated carbocycles. The molecule has 3 aromatic heterocycles. The molecule has 1 aromatic carbocycles. The summed E-state index contributed by atoms with van der Waals surface area (Å²) in [5.41, 5.74) is 3.30. The van der Waals surface area contributed by atoms with Crippen LogP contribution in [0, 0.1) is 17.8 Å². The number of rotatable bonds is 8. The van der Waals surface area contributed by atoms with Crippen molar-refractivity contribution >= 4 is 34.1 Å². The smallest absolute Gasteiger partial charge is 0.236 e. The average molecular weight is 562 g/mol. The van der Waals surface area contributed by atoms with Gasteiger partial charge in [0.2, 0.25) is 11.7 Å². The zero-order valence-corrected chi connectivity index (χ0v) is 24.5. The summed E-state index contributed by atoms with van der Waals surface area (Å²) in [6.45, 7) is 8.89. The first-order chi connectivity index (χ1) is 18.8. The van der Waals surface area contributed by atoms with Gasteiger partial charge in [0.05, 0.1) is 17.7 Å². The molecule has 2 aliphatic carbocycles. The van der Waals surface area contributed by atoms with Crippen LogP contribution in [0.4, 0.5) is 5.13 Å². The lowest BCUT2D eigenvalue weighted by atomic mass is 9.84. The highest BCUT2D eigenvalue weighted by Gasteiger charge is 2.43. The predicted octanol–water partition coefficient (Wildman–Crippen LogP) is 7.69. The van der Waals surface area contributed by atoms with Crippen LogP contribution in [-0.4, -0.2) is 31.4 Å². The lowest BCUT2D eigenvalue weighted by molar-refractivity contribution is -0.113. The summed E-state index contributed by atoms with van der Waals surface area (Å²) >= 11 is 2.86. The van der Waals surface area contributed by atoms with Crippen LogP contribution in [0.15, 0.2) is 57.6 Å². The minimum atomic E-state index is -0.106. The SMILES string of the molecule is CC(C1CC2CCC1C2)n1c(SCC(=O)Nc2nc(-c3ccc(C(C)(C)C)cc3)cs2)nnc1-c1ccco1. The first-order valence-corrected chi connectivity index (χ1v) is 15.6. The number of aromatic nitrogens is 4. The molecule has 1 amide bonds. The van der Waals surface area contributed by atoms with Crippen molar-refractivity contribution in [2.45, 2.75) is 70.0 Å². The van der Waals surface area contributed by atoms with Gasteiger partial charge in [-0.3, -0.25) is 9.36 Å². The second kappa shape index (κ2) is 10.6. The molecular formula is C30H35N5O2S2. The molecule has 39 heavy (non-hydrogen) atoms. The van der Waals surface area contributed by atoms with Crippen LogP contribution in [0.25, 0.3) is 22.8 Å². The van der Waals surface area contributed by atoms with E-state index >= 15 is 0 Å². The summed E-state index contributed by atoms with van der Waals surface area (Å²) < 4.78 is 7.90. The molecule has 3 heterocycles. The van der Waals surface area contributed by atoms with E-state index in [1.807, 2.05) is 17.5 Å². The molecule has 2 aliphatic rings. The van der Waals surface area contributed by atoms with Crippen molar-refractivity contribution < 1.29 is 9.21 Å². The van der Waals surface area contributed by atoms with Crippen molar-refractivity contribution in [1.29, 1.82) is 0 Å². The van der Waals surface area contributed by atoms with Crippen LogP contribution in [0.1, 0.15) is 65.0 Å². The quantitative estimate of drug-likeness (QED) is 0.222. The molecule has 9 heteroatoms. The van der Waals surface area contributed by atoms with Crippen molar-refractivity contribution in [2.24, 2.45) is 17.8 Å². The largest absolute Gasteiger partial charge is 0.461 e. The summed E-state index contributed by atoms with van der Waals surface area (Å²) in [5.74, 6) is 3.79. The summed E-state index contributed by atoms with van der Waals surface area (Å²) in [6, 6.07) is 12.5. The number of thioether (sulfide) groups is 1. The maximum Gasteiger partial charge on any atom is 0.236 e. The van der Waals surface area contributed by atoms with E-state index in [1.54, 1.807) is 6.26 Å². The average Bonchev–Trinajstić information content (AvgIpc) is 3.75.